The zero-order valence-corrected chi connectivity index (χ0v) is 12.3. The maximum Gasteiger partial charge on any atom is 0.239 e. The average Bonchev–Trinajstić information content (AvgIpc) is 2.86. The van der Waals surface area contributed by atoms with E-state index in [0.29, 0.717) is 0 Å². The third-order valence-electron chi connectivity index (χ3n) is 3.00. The van der Waals surface area contributed by atoms with Crippen molar-refractivity contribution in [2.75, 3.05) is 19.6 Å². The Bertz CT molecular complexity index is 394. The van der Waals surface area contributed by atoms with E-state index >= 15 is 0 Å². The van der Waals surface area contributed by atoms with Crippen LogP contribution in [0.25, 0.3) is 0 Å². The molecule has 0 bridgehead atoms. The number of nitrogens with zero attached hydrogens (tertiary/aromatic N) is 1. The van der Waals surface area contributed by atoms with Crippen molar-refractivity contribution >= 4 is 33.2 Å². The van der Waals surface area contributed by atoms with Gasteiger partial charge in [0.1, 0.15) is 0 Å². The molecule has 2 heterocycles. The van der Waals surface area contributed by atoms with Gasteiger partial charge >= 0.3 is 0 Å². The Balaban J connectivity index is 1.82. The highest BCUT2D eigenvalue weighted by Crippen LogP contribution is 2.23. The number of hydrogen-bond acceptors (Lipinski definition) is 3. The molecule has 0 spiro atoms. The van der Waals surface area contributed by atoms with Gasteiger partial charge in [0, 0.05) is 18.0 Å². The van der Waals surface area contributed by atoms with Crippen LogP contribution in [0.15, 0.2) is 15.9 Å². The summed E-state index contributed by atoms with van der Waals surface area (Å²) < 4.78 is 1.16. The summed E-state index contributed by atoms with van der Waals surface area (Å²) in [7, 11) is 0. The minimum absolute atomic E-state index is 0.0510. The summed E-state index contributed by atoms with van der Waals surface area (Å²) in [6.45, 7) is 4.64. The molecule has 0 aliphatic carbocycles. The number of rotatable bonds is 5. The third kappa shape index (κ3) is 3.30. The first-order valence-corrected chi connectivity index (χ1v) is 7.58. The first-order chi connectivity index (χ1) is 8.20. The molecule has 3 nitrogen and oxygen atoms in total. The predicted molar refractivity (Wildman–Crippen MR) is 74.4 cm³/mol. The molecule has 1 aliphatic rings. The van der Waals surface area contributed by atoms with Crippen LogP contribution in [-0.4, -0.2) is 36.5 Å². The number of halogens is 1. The highest BCUT2D eigenvalue weighted by Gasteiger charge is 2.30. The van der Waals surface area contributed by atoms with Crippen LogP contribution in [0.4, 0.5) is 0 Å². The van der Waals surface area contributed by atoms with Gasteiger partial charge in [0.2, 0.25) is 5.91 Å². The molecule has 0 radical (unpaired) electrons. The average molecular weight is 317 g/mol. The van der Waals surface area contributed by atoms with Gasteiger partial charge < -0.3 is 10.2 Å². The number of nitrogens with one attached hydrogen (secondary N) is 1. The van der Waals surface area contributed by atoms with Crippen molar-refractivity contribution in [3.8, 4) is 0 Å². The van der Waals surface area contributed by atoms with Crippen LogP contribution in [0.3, 0.4) is 0 Å². The summed E-state index contributed by atoms with van der Waals surface area (Å²) in [6, 6.07) is 4.24. The lowest BCUT2D eigenvalue weighted by Crippen LogP contribution is -2.38. The summed E-state index contributed by atoms with van der Waals surface area (Å²) in [5, 5.41) is 3.23. The summed E-state index contributed by atoms with van der Waals surface area (Å²) in [5.74, 6) is 0.266. The zero-order chi connectivity index (χ0) is 12.3. The second-order valence-corrected chi connectivity index (χ2v) is 6.73. The van der Waals surface area contributed by atoms with E-state index in [1.807, 2.05) is 11.8 Å². The molecule has 1 aromatic rings. The lowest BCUT2D eigenvalue weighted by molar-refractivity contribution is -0.129. The van der Waals surface area contributed by atoms with Crippen molar-refractivity contribution < 1.29 is 4.79 Å². The zero-order valence-electron chi connectivity index (χ0n) is 9.91. The molecule has 1 aliphatic heterocycles. The van der Waals surface area contributed by atoms with Crippen LogP contribution in [0.2, 0.25) is 0 Å². The molecule has 1 N–H and O–H groups in total. The molecule has 17 heavy (non-hydrogen) atoms. The van der Waals surface area contributed by atoms with Crippen molar-refractivity contribution in [2.24, 2.45) is 0 Å². The Labute approximate surface area is 114 Å². The van der Waals surface area contributed by atoms with Gasteiger partial charge in [-0.3, -0.25) is 4.79 Å². The van der Waals surface area contributed by atoms with Gasteiger partial charge in [-0.25, -0.2) is 0 Å². The first kappa shape index (κ1) is 13.1. The minimum Gasteiger partial charge on any atom is -0.341 e. The number of likely N-dealkylation sites (N-methyl/N-ethyl adjacent to an activating group) is 1. The number of carbonyl (C=O) groups excluding carboxylic acids is 1. The van der Waals surface area contributed by atoms with Gasteiger partial charge in [-0.15, -0.1) is 11.3 Å². The van der Waals surface area contributed by atoms with Gasteiger partial charge in [0.15, 0.2) is 0 Å². The van der Waals surface area contributed by atoms with E-state index in [4.69, 9.17) is 0 Å². The van der Waals surface area contributed by atoms with Crippen molar-refractivity contribution in [1.29, 1.82) is 0 Å². The maximum atomic E-state index is 12.0. The van der Waals surface area contributed by atoms with E-state index in [0.717, 1.165) is 36.3 Å². The number of amides is 1. The molecule has 1 saturated heterocycles. The number of carbonyl (C=O) groups is 1. The van der Waals surface area contributed by atoms with Crippen LogP contribution < -0.4 is 5.32 Å². The second kappa shape index (κ2) is 5.98. The quantitative estimate of drug-likeness (QED) is 0.903. The Morgan fingerprint density at radius 2 is 2.41 bits per heavy atom. The Morgan fingerprint density at radius 1 is 1.59 bits per heavy atom. The number of hydrogen-bond donors (Lipinski definition) is 1. The van der Waals surface area contributed by atoms with E-state index in [2.05, 4.69) is 33.4 Å². The van der Waals surface area contributed by atoms with Crippen LogP contribution >= 0.6 is 27.3 Å². The molecule has 0 aromatic carbocycles. The van der Waals surface area contributed by atoms with E-state index in [1.165, 1.54) is 4.88 Å². The summed E-state index contributed by atoms with van der Waals surface area (Å²) in [5.41, 5.74) is 0. The molecule has 1 unspecified atom stereocenters. The fraction of sp³-hybridized carbons (Fsp3) is 0.583. The topological polar surface area (TPSA) is 32.3 Å². The molecule has 0 saturated carbocycles. The molecule has 94 valence electrons. The normalized spacial score (nSPS) is 20.2. The summed E-state index contributed by atoms with van der Waals surface area (Å²) in [4.78, 5) is 15.3. The Hall–Kier alpha value is -0.390. The third-order valence-corrected chi connectivity index (χ3v) is 4.69. The fourth-order valence-corrected chi connectivity index (χ4v) is 3.60. The molecule has 2 rings (SSSR count). The van der Waals surface area contributed by atoms with Crippen LogP contribution in [-0.2, 0) is 11.2 Å². The Kier molecular flexibility index (Phi) is 4.59. The highest BCUT2D eigenvalue weighted by molar-refractivity contribution is 9.11. The van der Waals surface area contributed by atoms with Gasteiger partial charge in [0.25, 0.3) is 0 Å². The van der Waals surface area contributed by atoms with E-state index in [-0.39, 0.29) is 11.9 Å². The van der Waals surface area contributed by atoms with Gasteiger partial charge in [-0.05, 0) is 47.4 Å². The smallest absolute Gasteiger partial charge is 0.239 e. The lowest BCUT2D eigenvalue weighted by Gasteiger charge is -2.16. The van der Waals surface area contributed by atoms with Crippen molar-refractivity contribution in [1.82, 2.24) is 10.2 Å². The molecule has 1 amide bonds. The standard InChI is InChI=1S/C12H17BrN2OS/c1-2-14-10-6-8-15(12(10)16)7-5-9-3-4-11(13)17-9/h3-4,10,14H,2,5-8H2,1H3. The molecule has 5 heteroatoms. The Morgan fingerprint density at radius 3 is 3.06 bits per heavy atom. The van der Waals surface area contributed by atoms with Crippen LogP contribution in [0.1, 0.15) is 18.2 Å². The largest absolute Gasteiger partial charge is 0.341 e. The molecular weight excluding hydrogens is 300 g/mol. The van der Waals surface area contributed by atoms with E-state index in [1.54, 1.807) is 11.3 Å². The summed E-state index contributed by atoms with van der Waals surface area (Å²) >= 11 is 5.20. The SMILES string of the molecule is CCNC1CCN(CCc2ccc(Br)s2)C1=O. The summed E-state index contributed by atoms with van der Waals surface area (Å²) in [6.07, 6.45) is 1.90. The van der Waals surface area contributed by atoms with Crippen molar-refractivity contribution in [3.63, 3.8) is 0 Å². The van der Waals surface area contributed by atoms with Crippen LogP contribution in [0.5, 0.6) is 0 Å². The number of likely N-dealkylation sites (tertiary alicyclic amines) is 1. The number of thiophene rings is 1. The molecular formula is C12H17BrN2OS. The highest BCUT2D eigenvalue weighted by atomic mass is 79.9. The first-order valence-electron chi connectivity index (χ1n) is 5.97. The van der Waals surface area contributed by atoms with Gasteiger partial charge in [0.05, 0.1) is 9.83 Å². The lowest BCUT2D eigenvalue weighted by atomic mass is 10.2. The fourth-order valence-electron chi connectivity index (χ4n) is 2.13. The monoisotopic (exact) mass is 316 g/mol. The van der Waals surface area contributed by atoms with Crippen LogP contribution in [0, 0.1) is 0 Å². The molecule has 1 aromatic heterocycles. The molecule has 1 fully saturated rings. The molecule has 1 atom stereocenters. The van der Waals surface area contributed by atoms with Crippen molar-refractivity contribution in [2.45, 2.75) is 25.8 Å². The van der Waals surface area contributed by atoms with Gasteiger partial charge in [-0.1, -0.05) is 6.92 Å². The van der Waals surface area contributed by atoms with Gasteiger partial charge in [-0.2, -0.15) is 0 Å². The van der Waals surface area contributed by atoms with Crippen molar-refractivity contribution in [3.05, 3.63) is 20.8 Å². The van der Waals surface area contributed by atoms with E-state index in [9.17, 15) is 4.79 Å². The van der Waals surface area contributed by atoms with E-state index < -0.39 is 0 Å². The second-order valence-electron chi connectivity index (χ2n) is 4.18. The minimum atomic E-state index is 0.0510. The predicted octanol–water partition coefficient (Wildman–Crippen LogP) is 2.26. The maximum absolute atomic E-state index is 12.0.